The summed E-state index contributed by atoms with van der Waals surface area (Å²) in [6, 6.07) is 11.5. The van der Waals surface area contributed by atoms with Crippen molar-refractivity contribution in [3.05, 3.63) is 54.2 Å². The third-order valence-electron chi connectivity index (χ3n) is 4.21. The van der Waals surface area contributed by atoms with Crippen molar-refractivity contribution >= 4 is 17.4 Å². The minimum Gasteiger partial charge on any atom is -0.354 e. The molecular weight excluding hydrogens is 368 g/mol. The molecule has 0 atom stereocenters. The average molecular weight is 390 g/mol. The van der Waals surface area contributed by atoms with E-state index in [0.717, 1.165) is 12.1 Å². The molecule has 0 aliphatic heterocycles. The SMILES string of the molecule is CCCN(CCC#N)c1ncncc1NC(=O)c1nn(-c2ccccc2)nc1C. The van der Waals surface area contributed by atoms with E-state index in [1.54, 1.807) is 13.1 Å². The highest BCUT2D eigenvalue weighted by molar-refractivity contribution is 6.04. The van der Waals surface area contributed by atoms with Crippen molar-refractivity contribution in [3.63, 3.8) is 0 Å². The zero-order valence-corrected chi connectivity index (χ0v) is 16.4. The maximum Gasteiger partial charge on any atom is 0.278 e. The first-order chi connectivity index (χ1) is 14.1. The minimum absolute atomic E-state index is 0.225. The summed E-state index contributed by atoms with van der Waals surface area (Å²) >= 11 is 0. The minimum atomic E-state index is -0.391. The summed E-state index contributed by atoms with van der Waals surface area (Å²) in [7, 11) is 0. The molecule has 0 aliphatic rings. The molecule has 3 rings (SSSR count). The van der Waals surface area contributed by atoms with Crippen molar-refractivity contribution in [1.82, 2.24) is 25.0 Å². The highest BCUT2D eigenvalue weighted by Crippen LogP contribution is 2.23. The summed E-state index contributed by atoms with van der Waals surface area (Å²) in [5, 5.41) is 20.4. The van der Waals surface area contributed by atoms with Crippen LogP contribution in [0.15, 0.2) is 42.9 Å². The number of hydrogen-bond acceptors (Lipinski definition) is 7. The van der Waals surface area contributed by atoms with Gasteiger partial charge in [-0.1, -0.05) is 25.1 Å². The Balaban J connectivity index is 1.85. The van der Waals surface area contributed by atoms with Gasteiger partial charge in [0.25, 0.3) is 5.91 Å². The molecule has 2 aromatic heterocycles. The van der Waals surface area contributed by atoms with Crippen LogP contribution in [0.25, 0.3) is 5.69 Å². The van der Waals surface area contributed by atoms with Crippen molar-refractivity contribution in [2.45, 2.75) is 26.7 Å². The summed E-state index contributed by atoms with van der Waals surface area (Å²) in [6.45, 7) is 5.02. The predicted molar refractivity (Wildman–Crippen MR) is 109 cm³/mol. The normalized spacial score (nSPS) is 10.4. The molecule has 0 saturated carbocycles. The Bertz CT molecular complexity index is 1010. The molecular formula is C20H22N8O. The van der Waals surface area contributed by atoms with Crippen LogP contribution < -0.4 is 10.2 Å². The number of nitrogens with one attached hydrogen (secondary N) is 1. The number of para-hydroxylation sites is 1. The number of nitrogens with zero attached hydrogens (tertiary/aromatic N) is 7. The fraction of sp³-hybridized carbons (Fsp3) is 0.300. The third-order valence-corrected chi connectivity index (χ3v) is 4.21. The second-order valence-corrected chi connectivity index (χ2v) is 6.37. The van der Waals surface area contributed by atoms with Gasteiger partial charge >= 0.3 is 0 Å². The van der Waals surface area contributed by atoms with Crippen LogP contribution in [0.5, 0.6) is 0 Å². The van der Waals surface area contributed by atoms with E-state index in [2.05, 4.69) is 31.6 Å². The maximum atomic E-state index is 12.9. The summed E-state index contributed by atoms with van der Waals surface area (Å²) in [4.78, 5) is 24.6. The quantitative estimate of drug-likeness (QED) is 0.629. The van der Waals surface area contributed by atoms with E-state index < -0.39 is 5.91 Å². The number of amides is 1. The Labute approximate surface area is 169 Å². The van der Waals surface area contributed by atoms with E-state index in [9.17, 15) is 4.79 Å². The maximum absolute atomic E-state index is 12.9. The van der Waals surface area contributed by atoms with Gasteiger partial charge in [-0.2, -0.15) is 15.2 Å². The van der Waals surface area contributed by atoms with Gasteiger partial charge in [0, 0.05) is 13.1 Å². The molecule has 1 N–H and O–H groups in total. The number of hydrogen-bond donors (Lipinski definition) is 1. The Morgan fingerprint density at radius 2 is 2.03 bits per heavy atom. The molecule has 1 aromatic carbocycles. The lowest BCUT2D eigenvalue weighted by Crippen LogP contribution is -2.28. The molecule has 9 nitrogen and oxygen atoms in total. The molecule has 9 heteroatoms. The second-order valence-electron chi connectivity index (χ2n) is 6.37. The molecule has 0 bridgehead atoms. The lowest BCUT2D eigenvalue weighted by Gasteiger charge is -2.24. The lowest BCUT2D eigenvalue weighted by molar-refractivity contribution is 0.102. The van der Waals surface area contributed by atoms with Crippen LogP contribution in [0.2, 0.25) is 0 Å². The molecule has 1 amide bonds. The van der Waals surface area contributed by atoms with Crippen LogP contribution >= 0.6 is 0 Å². The summed E-state index contributed by atoms with van der Waals surface area (Å²) in [5.74, 6) is 0.191. The first-order valence-electron chi connectivity index (χ1n) is 9.36. The van der Waals surface area contributed by atoms with Crippen molar-refractivity contribution < 1.29 is 4.79 Å². The molecule has 0 spiro atoms. The average Bonchev–Trinajstić information content (AvgIpc) is 3.14. The van der Waals surface area contributed by atoms with Crippen LogP contribution in [0, 0.1) is 18.3 Å². The second kappa shape index (κ2) is 9.41. The van der Waals surface area contributed by atoms with Gasteiger partial charge in [-0.3, -0.25) is 4.79 Å². The van der Waals surface area contributed by atoms with E-state index in [0.29, 0.717) is 36.7 Å². The molecule has 2 heterocycles. The molecule has 0 unspecified atom stereocenters. The zero-order chi connectivity index (χ0) is 20.6. The molecule has 0 fully saturated rings. The van der Waals surface area contributed by atoms with Crippen LogP contribution in [0.4, 0.5) is 11.5 Å². The number of aryl methyl sites for hydroxylation is 1. The number of carbonyl (C=O) groups is 1. The number of aromatic nitrogens is 5. The van der Waals surface area contributed by atoms with Crippen LogP contribution in [-0.2, 0) is 0 Å². The van der Waals surface area contributed by atoms with Gasteiger partial charge in [0.1, 0.15) is 12.0 Å². The largest absolute Gasteiger partial charge is 0.354 e. The van der Waals surface area contributed by atoms with E-state index in [4.69, 9.17) is 5.26 Å². The van der Waals surface area contributed by atoms with E-state index in [-0.39, 0.29) is 5.69 Å². The van der Waals surface area contributed by atoms with Gasteiger partial charge in [0.05, 0.1) is 30.1 Å². The number of rotatable bonds is 8. The van der Waals surface area contributed by atoms with Crippen LogP contribution in [-0.4, -0.2) is 44.0 Å². The zero-order valence-electron chi connectivity index (χ0n) is 16.4. The van der Waals surface area contributed by atoms with Crippen LogP contribution in [0.1, 0.15) is 35.9 Å². The highest BCUT2D eigenvalue weighted by atomic mass is 16.2. The van der Waals surface area contributed by atoms with Crippen LogP contribution in [0.3, 0.4) is 0 Å². The molecule has 0 aliphatic carbocycles. The highest BCUT2D eigenvalue weighted by Gasteiger charge is 2.20. The summed E-state index contributed by atoms with van der Waals surface area (Å²) in [5.41, 5.74) is 1.98. The number of anilines is 2. The fourth-order valence-electron chi connectivity index (χ4n) is 2.89. The van der Waals surface area contributed by atoms with Gasteiger partial charge in [-0.25, -0.2) is 9.97 Å². The van der Waals surface area contributed by atoms with Gasteiger partial charge in [-0.05, 0) is 25.5 Å². The Kier molecular flexibility index (Phi) is 6.47. The topological polar surface area (TPSA) is 113 Å². The number of benzene rings is 1. The Morgan fingerprint density at radius 3 is 2.76 bits per heavy atom. The van der Waals surface area contributed by atoms with Gasteiger partial charge in [0.15, 0.2) is 11.5 Å². The van der Waals surface area contributed by atoms with Crippen molar-refractivity contribution in [2.24, 2.45) is 0 Å². The standard InChI is InChI=1S/C20H22N8O/c1-3-11-27(12-7-10-21)19-17(13-22-14-23-19)24-20(29)18-15(2)25-28(26-18)16-8-5-4-6-9-16/h4-6,8-9,13-14H,3,7,11-12H2,1-2H3,(H,24,29). The molecule has 148 valence electrons. The van der Waals surface area contributed by atoms with Crippen molar-refractivity contribution in [1.29, 1.82) is 5.26 Å². The molecule has 29 heavy (non-hydrogen) atoms. The van der Waals surface area contributed by atoms with E-state index in [1.165, 1.54) is 11.1 Å². The summed E-state index contributed by atoms with van der Waals surface area (Å²) in [6.07, 6.45) is 4.22. The number of nitriles is 1. The molecule has 0 radical (unpaired) electrons. The van der Waals surface area contributed by atoms with Crippen molar-refractivity contribution in [2.75, 3.05) is 23.3 Å². The third kappa shape index (κ3) is 4.73. The Hall–Kier alpha value is -3.80. The first kappa shape index (κ1) is 19.9. The fourth-order valence-corrected chi connectivity index (χ4v) is 2.89. The van der Waals surface area contributed by atoms with Gasteiger partial charge in [0.2, 0.25) is 0 Å². The first-order valence-corrected chi connectivity index (χ1v) is 9.36. The molecule has 0 saturated heterocycles. The van der Waals surface area contributed by atoms with Crippen molar-refractivity contribution in [3.8, 4) is 11.8 Å². The lowest BCUT2D eigenvalue weighted by atomic mass is 10.3. The summed E-state index contributed by atoms with van der Waals surface area (Å²) < 4.78 is 0. The van der Waals surface area contributed by atoms with Gasteiger partial charge in [-0.15, -0.1) is 5.10 Å². The monoisotopic (exact) mass is 390 g/mol. The molecule has 3 aromatic rings. The van der Waals surface area contributed by atoms with E-state index in [1.807, 2.05) is 42.2 Å². The van der Waals surface area contributed by atoms with Gasteiger partial charge < -0.3 is 10.2 Å². The number of carbonyl (C=O) groups excluding carboxylic acids is 1. The smallest absolute Gasteiger partial charge is 0.278 e. The predicted octanol–water partition coefficient (Wildman–Crippen LogP) is 2.75. The Morgan fingerprint density at radius 1 is 1.24 bits per heavy atom. The van der Waals surface area contributed by atoms with E-state index >= 15 is 0 Å².